The Morgan fingerprint density at radius 3 is 2.65 bits per heavy atom. The van der Waals surface area contributed by atoms with Crippen LogP contribution in [-0.4, -0.2) is 54.9 Å². The number of pyridine rings is 2. The van der Waals surface area contributed by atoms with Gasteiger partial charge in [-0.3, -0.25) is 14.9 Å². The molecule has 43 heavy (non-hydrogen) atoms. The van der Waals surface area contributed by atoms with Crippen molar-refractivity contribution < 1.29 is 36.6 Å². The Morgan fingerprint density at radius 1 is 1.28 bits per heavy atom. The molecule has 1 aliphatic heterocycles. The number of carbonyl (C=O) groups is 2. The average molecular weight is 605 g/mol. The number of carbonyl (C=O) groups excluding carboxylic acids is 2. The minimum atomic E-state index is -4.96. The summed E-state index contributed by atoms with van der Waals surface area (Å²) in [7, 11) is 2.83. The van der Waals surface area contributed by atoms with Gasteiger partial charge in [-0.25, -0.2) is 9.37 Å². The number of ether oxygens (including phenoxy) is 2. The van der Waals surface area contributed by atoms with Crippen molar-refractivity contribution in [3.05, 3.63) is 61.7 Å². The number of aldehydes is 1. The van der Waals surface area contributed by atoms with Crippen LogP contribution in [0, 0.1) is 12.7 Å². The third-order valence-electron chi connectivity index (χ3n) is 8.31. The Morgan fingerprint density at radius 2 is 2.02 bits per heavy atom. The molecule has 0 spiro atoms. The van der Waals surface area contributed by atoms with E-state index in [2.05, 4.69) is 10.6 Å². The van der Waals surface area contributed by atoms with Crippen LogP contribution in [0.1, 0.15) is 65.1 Å². The summed E-state index contributed by atoms with van der Waals surface area (Å²) in [6.07, 6.45) is -5.99. The zero-order valence-corrected chi connectivity index (χ0v) is 24.2. The number of aryl methyl sites for hydroxylation is 1. The second kappa shape index (κ2) is 11.8. The minimum Gasteiger partial charge on any atom is -0.380 e. The molecule has 1 amide bonds. The summed E-state index contributed by atoms with van der Waals surface area (Å²) in [4.78, 5) is 43.5. The van der Waals surface area contributed by atoms with Gasteiger partial charge < -0.3 is 24.2 Å². The topological polar surface area (TPSA) is 112 Å². The van der Waals surface area contributed by atoms with Gasteiger partial charge in [-0.1, -0.05) is 6.92 Å². The molecule has 3 unspecified atom stereocenters. The predicted molar refractivity (Wildman–Crippen MR) is 149 cm³/mol. The third kappa shape index (κ3) is 5.23. The Labute approximate surface area is 244 Å². The highest BCUT2D eigenvalue weighted by atomic mass is 19.4. The van der Waals surface area contributed by atoms with Crippen LogP contribution < -0.4 is 16.2 Å². The Bertz CT molecular complexity index is 1670. The minimum absolute atomic E-state index is 0.0256. The molecule has 0 saturated carbocycles. The lowest BCUT2D eigenvalue weighted by Crippen LogP contribution is -2.48. The smallest absolute Gasteiger partial charge is 0.380 e. The molecule has 5 rings (SSSR count). The van der Waals surface area contributed by atoms with E-state index in [9.17, 15) is 27.6 Å². The van der Waals surface area contributed by atoms with E-state index >= 15 is 4.39 Å². The summed E-state index contributed by atoms with van der Waals surface area (Å²) in [6, 6.07) is 2.08. The van der Waals surface area contributed by atoms with E-state index in [0.717, 1.165) is 6.29 Å². The lowest BCUT2D eigenvalue weighted by atomic mass is 9.81. The molecule has 9 nitrogen and oxygen atoms in total. The zero-order chi connectivity index (χ0) is 31.2. The lowest BCUT2D eigenvalue weighted by Gasteiger charge is -2.31. The maximum absolute atomic E-state index is 15.1. The molecule has 0 radical (unpaired) electrons. The molecule has 0 bridgehead atoms. The zero-order valence-electron chi connectivity index (χ0n) is 24.2. The molecule has 2 aliphatic rings. The van der Waals surface area contributed by atoms with Gasteiger partial charge in [0.25, 0.3) is 11.5 Å². The molecule has 3 atom stereocenters. The standard InChI is InChI=1S/C30H32F4N4O5/c1-5-15(11-39)17-8-23-26-18(10-38(23)29(41)19(17)12-42-4)25-21(37-28(40)27(30(32,33)34)43-13-35-3)7-6-16-14(2)20(31)9-22(36-26)24(16)25/h8-9,11,15,21,27,35H,5-7,10,12-13H2,1-4H3,(H,37,40). The first-order chi connectivity index (χ1) is 20.5. The molecule has 3 aromatic rings. The number of hydrogen-bond acceptors (Lipinski definition) is 7. The van der Waals surface area contributed by atoms with Gasteiger partial charge >= 0.3 is 6.18 Å². The number of benzene rings is 1. The Balaban J connectivity index is 1.72. The molecule has 1 aliphatic carbocycles. The van der Waals surface area contributed by atoms with E-state index in [1.807, 2.05) is 6.92 Å². The van der Waals surface area contributed by atoms with Gasteiger partial charge in [-0.15, -0.1) is 0 Å². The predicted octanol–water partition coefficient (Wildman–Crippen LogP) is 3.94. The fourth-order valence-electron chi connectivity index (χ4n) is 6.25. The Hall–Kier alpha value is -3.68. The highest BCUT2D eigenvalue weighted by molar-refractivity contribution is 5.94. The van der Waals surface area contributed by atoms with Gasteiger partial charge in [0.05, 0.1) is 42.8 Å². The Kier molecular flexibility index (Phi) is 8.43. The van der Waals surface area contributed by atoms with Crippen LogP contribution >= 0.6 is 0 Å². The van der Waals surface area contributed by atoms with Gasteiger partial charge in [0.2, 0.25) is 6.10 Å². The van der Waals surface area contributed by atoms with E-state index < -0.39 is 42.7 Å². The van der Waals surface area contributed by atoms with Crippen LogP contribution in [-0.2, 0) is 38.6 Å². The molecular weight excluding hydrogens is 572 g/mol. The first-order valence-corrected chi connectivity index (χ1v) is 14.0. The maximum Gasteiger partial charge on any atom is 0.423 e. The summed E-state index contributed by atoms with van der Waals surface area (Å²) >= 11 is 0. The normalized spacial score (nSPS) is 17.0. The van der Waals surface area contributed by atoms with E-state index in [0.29, 0.717) is 63.0 Å². The maximum atomic E-state index is 15.1. The fraction of sp³-hybridized carbons (Fsp3) is 0.467. The van der Waals surface area contributed by atoms with Gasteiger partial charge in [-0.05, 0) is 61.6 Å². The number of rotatable bonds is 10. The molecule has 0 saturated heterocycles. The molecule has 2 aromatic heterocycles. The first kappa shape index (κ1) is 30.8. The number of alkyl halides is 3. The molecule has 2 N–H and O–H groups in total. The van der Waals surface area contributed by atoms with Crippen molar-refractivity contribution in [3.63, 3.8) is 0 Å². The fourth-order valence-corrected chi connectivity index (χ4v) is 6.25. The first-order valence-electron chi connectivity index (χ1n) is 14.0. The van der Waals surface area contributed by atoms with Crippen molar-refractivity contribution in [1.29, 1.82) is 0 Å². The number of aromatic nitrogens is 2. The van der Waals surface area contributed by atoms with Gasteiger partial charge in [0.1, 0.15) is 12.1 Å². The largest absolute Gasteiger partial charge is 0.423 e. The van der Waals surface area contributed by atoms with Crippen molar-refractivity contribution >= 4 is 23.1 Å². The molecule has 230 valence electrons. The van der Waals surface area contributed by atoms with Gasteiger partial charge in [0, 0.05) is 35.6 Å². The summed E-state index contributed by atoms with van der Waals surface area (Å²) in [6.45, 7) is 2.94. The van der Waals surface area contributed by atoms with Crippen molar-refractivity contribution in [2.24, 2.45) is 0 Å². The van der Waals surface area contributed by atoms with Crippen LogP contribution in [0.4, 0.5) is 17.6 Å². The number of amides is 1. The highest BCUT2D eigenvalue weighted by Gasteiger charge is 2.47. The second-order valence-electron chi connectivity index (χ2n) is 10.8. The molecule has 0 fully saturated rings. The van der Waals surface area contributed by atoms with Crippen LogP contribution in [0.25, 0.3) is 22.3 Å². The summed E-state index contributed by atoms with van der Waals surface area (Å²) in [5, 5.41) is 5.52. The summed E-state index contributed by atoms with van der Waals surface area (Å²) < 4.78 is 68.0. The average Bonchev–Trinajstić information content (AvgIpc) is 3.32. The number of nitrogens with zero attached hydrogens (tertiary/aromatic N) is 2. The number of halogens is 4. The van der Waals surface area contributed by atoms with E-state index in [1.54, 1.807) is 13.0 Å². The lowest BCUT2D eigenvalue weighted by molar-refractivity contribution is -0.220. The highest BCUT2D eigenvalue weighted by Crippen LogP contribution is 2.45. The molecule has 3 heterocycles. The van der Waals surface area contributed by atoms with Crippen molar-refractivity contribution in [2.45, 2.75) is 70.5 Å². The number of fused-ring (bicyclic) bond motifs is 4. The van der Waals surface area contributed by atoms with Crippen LogP contribution in [0.2, 0.25) is 0 Å². The number of hydrogen-bond donors (Lipinski definition) is 2. The third-order valence-corrected chi connectivity index (χ3v) is 8.31. The second-order valence-corrected chi connectivity index (χ2v) is 10.8. The van der Waals surface area contributed by atoms with Crippen LogP contribution in [0.3, 0.4) is 0 Å². The van der Waals surface area contributed by atoms with E-state index in [-0.39, 0.29) is 30.6 Å². The number of methoxy groups -OCH3 is 1. The molecule has 1 aromatic carbocycles. The SMILES string of the molecule is CCC(C=O)c1cc2n(c(=O)c1COC)Cc1c-2nc2cc(F)c(C)c3c2c1C(NC(=O)C(OCNC)C(F)(F)F)CC3. The van der Waals surface area contributed by atoms with Crippen molar-refractivity contribution in [2.75, 3.05) is 20.9 Å². The monoisotopic (exact) mass is 604 g/mol. The van der Waals surface area contributed by atoms with Crippen LogP contribution in [0.5, 0.6) is 0 Å². The molecule has 13 heteroatoms. The number of nitrogens with one attached hydrogen (secondary N) is 2. The van der Waals surface area contributed by atoms with E-state index in [4.69, 9.17) is 14.5 Å². The quantitative estimate of drug-likeness (QED) is 0.160. The van der Waals surface area contributed by atoms with Gasteiger partial charge in [-0.2, -0.15) is 13.2 Å². The summed E-state index contributed by atoms with van der Waals surface area (Å²) in [5.41, 5.74) is 3.51. The van der Waals surface area contributed by atoms with Crippen molar-refractivity contribution in [1.82, 2.24) is 20.2 Å². The van der Waals surface area contributed by atoms with E-state index in [1.165, 1.54) is 24.8 Å². The van der Waals surface area contributed by atoms with Crippen molar-refractivity contribution in [3.8, 4) is 11.4 Å². The summed E-state index contributed by atoms with van der Waals surface area (Å²) in [5.74, 6) is -2.43. The molecular formula is C30H32F4N4O5. The van der Waals surface area contributed by atoms with Crippen LogP contribution in [0.15, 0.2) is 16.9 Å². The van der Waals surface area contributed by atoms with Gasteiger partial charge in [0.15, 0.2) is 0 Å².